The van der Waals surface area contributed by atoms with Crippen molar-refractivity contribution < 1.29 is 18.7 Å². The summed E-state index contributed by atoms with van der Waals surface area (Å²) in [5, 5.41) is 2.53. The van der Waals surface area contributed by atoms with E-state index in [2.05, 4.69) is 5.32 Å². The first-order valence-electron chi connectivity index (χ1n) is 5.06. The van der Waals surface area contributed by atoms with Gasteiger partial charge >= 0.3 is 0 Å². The third-order valence-electron chi connectivity index (χ3n) is 2.58. The second kappa shape index (κ2) is 4.45. The molecule has 0 bridgehead atoms. The van der Waals surface area contributed by atoms with Crippen LogP contribution in [0, 0.1) is 5.82 Å². The van der Waals surface area contributed by atoms with Crippen LogP contribution in [0.15, 0.2) is 12.3 Å². The number of carbonyl (C=O) groups is 1. The molecule has 0 fully saturated rings. The van der Waals surface area contributed by atoms with Gasteiger partial charge in [-0.3, -0.25) is 4.79 Å². The predicted octanol–water partition coefficient (Wildman–Crippen LogP) is 1.49. The van der Waals surface area contributed by atoms with Crippen molar-refractivity contribution in [2.24, 2.45) is 0 Å². The smallest absolute Gasteiger partial charge is 0.228 e. The van der Waals surface area contributed by atoms with Crippen molar-refractivity contribution in [3.63, 3.8) is 0 Å². The van der Waals surface area contributed by atoms with Crippen molar-refractivity contribution in [2.75, 3.05) is 14.2 Å². The number of halogens is 1. The summed E-state index contributed by atoms with van der Waals surface area (Å²) in [4.78, 5) is 11.4. The number of amides is 1. The molecule has 0 aromatic heterocycles. The Morgan fingerprint density at radius 1 is 1.35 bits per heavy atom. The number of ether oxygens (including phenoxy) is 2. The van der Waals surface area contributed by atoms with Crippen LogP contribution in [0.4, 0.5) is 4.39 Å². The summed E-state index contributed by atoms with van der Waals surface area (Å²) in [6.07, 6.45) is 3.04. The molecule has 5 heteroatoms. The molecule has 0 saturated heterocycles. The monoisotopic (exact) mass is 237 g/mol. The zero-order valence-corrected chi connectivity index (χ0v) is 9.54. The standard InChI is InChI=1S/C12H12FNO3/c1-16-9-5-7-6-10(15)14-4-3-8(7)11(13)12(9)17-2/h3-5H,6H2,1-2H3,(H,14,15). The minimum absolute atomic E-state index is 0.0465. The summed E-state index contributed by atoms with van der Waals surface area (Å²) >= 11 is 0. The Morgan fingerprint density at radius 2 is 2.12 bits per heavy atom. The quantitative estimate of drug-likeness (QED) is 0.847. The Morgan fingerprint density at radius 3 is 2.76 bits per heavy atom. The van der Waals surface area contributed by atoms with Crippen LogP contribution >= 0.6 is 0 Å². The highest BCUT2D eigenvalue weighted by molar-refractivity contribution is 5.84. The molecule has 0 radical (unpaired) electrons. The Hall–Kier alpha value is -2.04. The molecule has 0 unspecified atom stereocenters. The minimum atomic E-state index is -0.519. The van der Waals surface area contributed by atoms with Crippen LogP contribution in [0.25, 0.3) is 6.08 Å². The van der Waals surface area contributed by atoms with Gasteiger partial charge in [-0.2, -0.15) is 0 Å². The average Bonchev–Trinajstić information content (AvgIpc) is 2.50. The highest BCUT2D eigenvalue weighted by Gasteiger charge is 2.20. The molecule has 0 atom stereocenters. The molecule has 1 aliphatic heterocycles. The number of nitrogens with one attached hydrogen (secondary N) is 1. The number of fused-ring (bicyclic) bond motifs is 1. The van der Waals surface area contributed by atoms with Gasteiger partial charge in [-0.1, -0.05) is 0 Å². The van der Waals surface area contributed by atoms with E-state index < -0.39 is 5.82 Å². The fraction of sp³-hybridized carbons (Fsp3) is 0.250. The topological polar surface area (TPSA) is 47.6 Å². The zero-order chi connectivity index (χ0) is 12.4. The highest BCUT2D eigenvalue weighted by Crippen LogP contribution is 2.35. The van der Waals surface area contributed by atoms with Crippen LogP contribution in [-0.2, 0) is 11.2 Å². The molecule has 17 heavy (non-hydrogen) atoms. The van der Waals surface area contributed by atoms with Gasteiger partial charge in [0.1, 0.15) is 0 Å². The molecule has 0 saturated carbocycles. The molecule has 4 nitrogen and oxygen atoms in total. The van der Waals surface area contributed by atoms with Gasteiger partial charge in [0.05, 0.1) is 20.6 Å². The maximum absolute atomic E-state index is 14.1. The number of rotatable bonds is 2. The van der Waals surface area contributed by atoms with Crippen LogP contribution in [0.3, 0.4) is 0 Å². The molecule has 1 aromatic carbocycles. The van der Waals surface area contributed by atoms with Gasteiger partial charge in [-0.15, -0.1) is 0 Å². The summed E-state index contributed by atoms with van der Waals surface area (Å²) in [5.41, 5.74) is 0.924. The summed E-state index contributed by atoms with van der Waals surface area (Å²) in [6, 6.07) is 1.62. The molecular weight excluding hydrogens is 225 g/mol. The van der Waals surface area contributed by atoms with Gasteiger partial charge < -0.3 is 14.8 Å². The van der Waals surface area contributed by atoms with E-state index in [4.69, 9.17) is 9.47 Å². The van der Waals surface area contributed by atoms with Gasteiger partial charge in [0.2, 0.25) is 5.91 Å². The van der Waals surface area contributed by atoms with Crippen molar-refractivity contribution in [3.8, 4) is 11.5 Å². The lowest BCUT2D eigenvalue weighted by molar-refractivity contribution is -0.119. The summed E-state index contributed by atoms with van der Waals surface area (Å²) < 4.78 is 24.1. The Kier molecular flexibility index (Phi) is 2.99. The second-order valence-electron chi connectivity index (χ2n) is 3.58. The lowest BCUT2D eigenvalue weighted by Gasteiger charge is -2.13. The second-order valence-corrected chi connectivity index (χ2v) is 3.58. The summed E-state index contributed by atoms with van der Waals surface area (Å²) in [6.45, 7) is 0. The number of hydrogen-bond donors (Lipinski definition) is 1. The third kappa shape index (κ3) is 1.95. The number of carbonyl (C=O) groups excluding carboxylic acids is 1. The number of benzene rings is 1. The van der Waals surface area contributed by atoms with E-state index in [0.717, 1.165) is 0 Å². The SMILES string of the molecule is COc1cc2c(c(F)c1OC)C=CNC(=O)C2. The van der Waals surface area contributed by atoms with Gasteiger partial charge in [-0.05, 0) is 17.7 Å². The molecular formula is C12H12FNO3. The molecule has 1 heterocycles. The van der Waals surface area contributed by atoms with Crippen molar-refractivity contribution in [2.45, 2.75) is 6.42 Å². The average molecular weight is 237 g/mol. The van der Waals surface area contributed by atoms with Crippen LogP contribution in [0.2, 0.25) is 0 Å². The van der Waals surface area contributed by atoms with Crippen LogP contribution in [-0.4, -0.2) is 20.1 Å². The first kappa shape index (κ1) is 11.4. The van der Waals surface area contributed by atoms with Crippen LogP contribution in [0.5, 0.6) is 11.5 Å². The summed E-state index contributed by atoms with van der Waals surface area (Å²) in [5.74, 6) is -0.377. The fourth-order valence-electron chi connectivity index (χ4n) is 1.78. The van der Waals surface area contributed by atoms with E-state index in [-0.39, 0.29) is 23.8 Å². The summed E-state index contributed by atoms with van der Waals surface area (Å²) in [7, 11) is 2.80. The zero-order valence-electron chi connectivity index (χ0n) is 9.54. The third-order valence-corrected chi connectivity index (χ3v) is 2.58. The van der Waals surface area contributed by atoms with Gasteiger partial charge in [0, 0.05) is 11.8 Å². The molecule has 90 valence electrons. The lowest BCUT2D eigenvalue weighted by Crippen LogP contribution is -2.17. The number of hydrogen-bond acceptors (Lipinski definition) is 3. The van der Waals surface area contributed by atoms with Crippen molar-refractivity contribution in [1.29, 1.82) is 0 Å². The lowest BCUT2D eigenvalue weighted by atomic mass is 10.0. The van der Waals surface area contributed by atoms with E-state index >= 15 is 0 Å². The van der Waals surface area contributed by atoms with E-state index in [1.165, 1.54) is 26.5 Å². The largest absolute Gasteiger partial charge is 0.493 e. The molecule has 2 rings (SSSR count). The van der Waals surface area contributed by atoms with Gasteiger partial charge in [-0.25, -0.2) is 4.39 Å². The van der Waals surface area contributed by atoms with Crippen LogP contribution in [0.1, 0.15) is 11.1 Å². The predicted molar refractivity (Wildman–Crippen MR) is 60.4 cm³/mol. The van der Waals surface area contributed by atoms with Crippen LogP contribution < -0.4 is 14.8 Å². The molecule has 1 aromatic rings. The maximum atomic E-state index is 14.1. The molecule has 0 aliphatic carbocycles. The maximum Gasteiger partial charge on any atom is 0.228 e. The minimum Gasteiger partial charge on any atom is -0.493 e. The molecule has 1 amide bonds. The van der Waals surface area contributed by atoms with Crippen molar-refractivity contribution in [3.05, 3.63) is 29.2 Å². The first-order valence-corrected chi connectivity index (χ1v) is 5.06. The van der Waals surface area contributed by atoms with Crippen molar-refractivity contribution >= 4 is 12.0 Å². The normalized spacial score (nSPS) is 13.7. The van der Waals surface area contributed by atoms with E-state index in [1.807, 2.05) is 0 Å². The molecule has 1 N–H and O–H groups in total. The van der Waals surface area contributed by atoms with Crippen molar-refractivity contribution in [1.82, 2.24) is 5.32 Å². The Bertz CT molecular complexity index is 497. The molecule has 1 aliphatic rings. The first-order chi connectivity index (χ1) is 8.17. The fourth-order valence-corrected chi connectivity index (χ4v) is 1.78. The Labute approximate surface area is 98.0 Å². The van der Waals surface area contributed by atoms with E-state index in [9.17, 15) is 9.18 Å². The van der Waals surface area contributed by atoms with Gasteiger partial charge in [0.15, 0.2) is 17.3 Å². The Balaban J connectivity index is 2.64. The van der Waals surface area contributed by atoms with Gasteiger partial charge in [0.25, 0.3) is 0 Å². The number of methoxy groups -OCH3 is 2. The van der Waals surface area contributed by atoms with E-state index in [0.29, 0.717) is 11.1 Å². The highest BCUT2D eigenvalue weighted by atomic mass is 19.1. The van der Waals surface area contributed by atoms with E-state index in [1.54, 1.807) is 6.07 Å². The molecule has 0 spiro atoms.